The van der Waals surface area contributed by atoms with Crippen molar-refractivity contribution in [1.29, 1.82) is 0 Å². The third-order valence-corrected chi connectivity index (χ3v) is 4.18. The van der Waals surface area contributed by atoms with Crippen molar-refractivity contribution >= 4 is 22.6 Å². The average molecular weight is 349 g/mol. The Bertz CT molecular complexity index is 848. The molecule has 0 radical (unpaired) electrons. The van der Waals surface area contributed by atoms with Crippen molar-refractivity contribution < 1.29 is 22.7 Å². The molecule has 1 aromatic heterocycles. The van der Waals surface area contributed by atoms with Gasteiger partial charge in [-0.1, -0.05) is 6.08 Å². The number of amides is 1. The Balaban J connectivity index is 1.90. The first-order valence-corrected chi connectivity index (χ1v) is 8.21. The molecule has 1 aromatic carbocycles. The Hall–Kier alpha value is -2.37. The molecule has 1 atom stereocenters. The van der Waals surface area contributed by atoms with Crippen molar-refractivity contribution in [3.05, 3.63) is 41.7 Å². The van der Waals surface area contributed by atoms with Gasteiger partial charge in [-0.3, -0.25) is 0 Å². The summed E-state index contributed by atoms with van der Waals surface area (Å²) in [4.78, 5) is 13.9. The molecule has 4 nitrogen and oxygen atoms in total. The number of nitrogens with zero attached hydrogens (tertiary/aromatic N) is 1. The first-order valence-electron chi connectivity index (χ1n) is 8.21. The Morgan fingerprint density at radius 3 is 2.72 bits per heavy atom. The van der Waals surface area contributed by atoms with E-state index in [1.807, 2.05) is 33.8 Å². The fourth-order valence-corrected chi connectivity index (χ4v) is 3.01. The lowest BCUT2D eigenvalue weighted by Crippen LogP contribution is -2.44. The van der Waals surface area contributed by atoms with E-state index in [9.17, 15) is 13.6 Å². The number of carbonyl (C=O) groups excluding carboxylic acids is 1. The number of furan rings is 1. The topological polar surface area (TPSA) is 42.7 Å². The highest BCUT2D eigenvalue weighted by atomic mass is 19.2. The molecule has 134 valence electrons. The van der Waals surface area contributed by atoms with Gasteiger partial charge in [0.05, 0.1) is 11.6 Å². The Morgan fingerprint density at radius 1 is 1.36 bits per heavy atom. The monoisotopic (exact) mass is 349 g/mol. The van der Waals surface area contributed by atoms with Crippen LogP contribution in [0.1, 0.15) is 39.7 Å². The van der Waals surface area contributed by atoms with Gasteiger partial charge in [-0.05, 0) is 51.8 Å². The molecule has 1 aliphatic heterocycles. The molecule has 2 aromatic rings. The van der Waals surface area contributed by atoms with Crippen molar-refractivity contribution in [2.75, 3.05) is 6.54 Å². The molecule has 1 amide bonds. The number of rotatable bonds is 1. The van der Waals surface area contributed by atoms with Crippen molar-refractivity contribution in [3.8, 4) is 0 Å². The molecule has 2 heterocycles. The molecule has 1 aliphatic rings. The molecule has 3 rings (SSSR count). The summed E-state index contributed by atoms with van der Waals surface area (Å²) in [6, 6.07) is 2.44. The summed E-state index contributed by atoms with van der Waals surface area (Å²) in [5.41, 5.74) is 1.10. The van der Waals surface area contributed by atoms with E-state index in [1.54, 1.807) is 4.90 Å². The maximum absolute atomic E-state index is 13.9. The van der Waals surface area contributed by atoms with Gasteiger partial charge in [0.25, 0.3) is 0 Å². The van der Waals surface area contributed by atoms with E-state index >= 15 is 0 Å². The molecule has 0 bridgehead atoms. The highest BCUT2D eigenvalue weighted by molar-refractivity contribution is 5.91. The second-order valence-corrected chi connectivity index (χ2v) is 7.30. The van der Waals surface area contributed by atoms with Crippen molar-refractivity contribution in [3.63, 3.8) is 0 Å². The second kappa shape index (κ2) is 6.17. The molecular weight excluding hydrogens is 328 g/mol. The Labute approximate surface area is 145 Å². The summed E-state index contributed by atoms with van der Waals surface area (Å²) in [5.74, 6) is -1.82. The van der Waals surface area contributed by atoms with E-state index in [-0.39, 0.29) is 17.5 Å². The number of benzene rings is 1. The zero-order valence-electron chi connectivity index (χ0n) is 14.7. The third kappa shape index (κ3) is 3.38. The standard InChI is InChI=1S/C19H21F2NO3/c1-11-9-12(5-7-22(11)18(23)25-19(2,3)4)14-10-15(20)16(21)13-6-8-24-17(13)14/h5-6,8,10-11H,7,9H2,1-4H3. The maximum Gasteiger partial charge on any atom is 0.410 e. The number of carbonyl (C=O) groups is 1. The van der Waals surface area contributed by atoms with E-state index < -0.39 is 17.2 Å². The van der Waals surface area contributed by atoms with Crippen LogP contribution in [0.4, 0.5) is 13.6 Å². The predicted molar refractivity (Wildman–Crippen MR) is 91.1 cm³/mol. The second-order valence-electron chi connectivity index (χ2n) is 7.30. The number of fused-ring (bicyclic) bond motifs is 1. The van der Waals surface area contributed by atoms with E-state index in [2.05, 4.69) is 0 Å². The van der Waals surface area contributed by atoms with Gasteiger partial charge < -0.3 is 14.1 Å². The zero-order valence-corrected chi connectivity index (χ0v) is 14.7. The van der Waals surface area contributed by atoms with Crippen LogP contribution in [0.3, 0.4) is 0 Å². The van der Waals surface area contributed by atoms with Crippen LogP contribution in [0, 0.1) is 11.6 Å². The third-order valence-electron chi connectivity index (χ3n) is 4.18. The SMILES string of the molecule is CC1CC(c2cc(F)c(F)c3ccoc23)=CCN1C(=O)OC(C)(C)C. The number of halogens is 2. The fourth-order valence-electron chi connectivity index (χ4n) is 3.01. The van der Waals surface area contributed by atoms with Crippen molar-refractivity contribution in [2.24, 2.45) is 0 Å². The summed E-state index contributed by atoms with van der Waals surface area (Å²) >= 11 is 0. The summed E-state index contributed by atoms with van der Waals surface area (Å²) in [6.07, 6.45) is 3.29. The van der Waals surface area contributed by atoms with Crippen LogP contribution in [0.5, 0.6) is 0 Å². The predicted octanol–water partition coefficient (Wildman–Crippen LogP) is 5.12. The molecule has 0 N–H and O–H groups in total. The lowest BCUT2D eigenvalue weighted by molar-refractivity contribution is 0.0199. The van der Waals surface area contributed by atoms with Gasteiger partial charge in [-0.2, -0.15) is 0 Å². The van der Waals surface area contributed by atoms with Crippen LogP contribution in [0.15, 0.2) is 28.9 Å². The fraction of sp³-hybridized carbons (Fsp3) is 0.421. The largest absolute Gasteiger partial charge is 0.464 e. The summed E-state index contributed by atoms with van der Waals surface area (Å²) in [6.45, 7) is 7.68. The average Bonchev–Trinajstić information content (AvgIpc) is 2.98. The summed E-state index contributed by atoms with van der Waals surface area (Å²) in [7, 11) is 0. The van der Waals surface area contributed by atoms with Crippen LogP contribution < -0.4 is 0 Å². The highest BCUT2D eigenvalue weighted by Gasteiger charge is 2.30. The van der Waals surface area contributed by atoms with Crippen LogP contribution in [-0.2, 0) is 4.74 Å². The zero-order chi connectivity index (χ0) is 18.4. The van der Waals surface area contributed by atoms with Gasteiger partial charge in [0.15, 0.2) is 11.6 Å². The van der Waals surface area contributed by atoms with Crippen LogP contribution >= 0.6 is 0 Å². The number of ether oxygens (including phenoxy) is 1. The first-order chi connectivity index (χ1) is 11.7. The van der Waals surface area contributed by atoms with Crippen molar-refractivity contribution in [2.45, 2.75) is 45.8 Å². The molecule has 0 spiro atoms. The van der Waals surface area contributed by atoms with Gasteiger partial charge in [0.1, 0.15) is 11.2 Å². The maximum atomic E-state index is 13.9. The smallest absolute Gasteiger partial charge is 0.410 e. The quantitative estimate of drug-likeness (QED) is 0.717. The minimum atomic E-state index is -0.910. The van der Waals surface area contributed by atoms with Gasteiger partial charge >= 0.3 is 6.09 Å². The molecule has 0 fully saturated rings. The van der Waals surface area contributed by atoms with Crippen LogP contribution in [0.25, 0.3) is 16.5 Å². The van der Waals surface area contributed by atoms with Gasteiger partial charge in [0, 0.05) is 18.2 Å². The van der Waals surface area contributed by atoms with Gasteiger partial charge in [-0.15, -0.1) is 0 Å². The van der Waals surface area contributed by atoms with Gasteiger partial charge in [0.2, 0.25) is 0 Å². The minimum absolute atomic E-state index is 0.123. The molecule has 1 unspecified atom stereocenters. The van der Waals surface area contributed by atoms with E-state index in [1.165, 1.54) is 12.3 Å². The molecule has 6 heteroatoms. The van der Waals surface area contributed by atoms with Crippen LogP contribution in [0.2, 0.25) is 0 Å². The number of hydrogen-bond donors (Lipinski definition) is 0. The normalized spacial score (nSPS) is 18.4. The lowest BCUT2D eigenvalue weighted by atomic mass is 9.93. The van der Waals surface area contributed by atoms with E-state index in [0.717, 1.165) is 11.6 Å². The lowest BCUT2D eigenvalue weighted by Gasteiger charge is -2.34. The number of hydrogen-bond acceptors (Lipinski definition) is 3. The van der Waals surface area contributed by atoms with E-state index in [0.29, 0.717) is 24.1 Å². The van der Waals surface area contributed by atoms with Crippen LogP contribution in [-0.4, -0.2) is 29.2 Å². The Morgan fingerprint density at radius 2 is 2.08 bits per heavy atom. The van der Waals surface area contributed by atoms with Crippen molar-refractivity contribution in [1.82, 2.24) is 4.90 Å². The highest BCUT2D eigenvalue weighted by Crippen LogP contribution is 2.34. The molecule has 0 saturated carbocycles. The molecular formula is C19H21F2NO3. The van der Waals surface area contributed by atoms with E-state index in [4.69, 9.17) is 9.15 Å². The minimum Gasteiger partial charge on any atom is -0.464 e. The summed E-state index contributed by atoms with van der Waals surface area (Å²) in [5, 5.41) is 0.123. The first kappa shape index (κ1) is 17.5. The molecule has 0 aliphatic carbocycles. The Kier molecular flexibility index (Phi) is 4.31. The molecule has 25 heavy (non-hydrogen) atoms. The van der Waals surface area contributed by atoms with Gasteiger partial charge in [-0.25, -0.2) is 13.6 Å². The summed E-state index contributed by atoms with van der Waals surface area (Å²) < 4.78 is 38.5. The molecule has 0 saturated heterocycles.